The number of sulfonamides is 1. The molecule has 0 spiro atoms. The van der Waals surface area contributed by atoms with Gasteiger partial charge in [0.2, 0.25) is 10.0 Å². The van der Waals surface area contributed by atoms with E-state index in [0.29, 0.717) is 55.9 Å². The number of hydrogen-bond donors (Lipinski definition) is 2. The number of ether oxygens (including phenoxy) is 1. The summed E-state index contributed by atoms with van der Waals surface area (Å²) in [6.07, 6.45) is 2.70. The molecule has 0 saturated carbocycles. The molecule has 6 rings (SSSR count). The van der Waals surface area contributed by atoms with Crippen molar-refractivity contribution in [3.63, 3.8) is 0 Å². The highest BCUT2D eigenvalue weighted by molar-refractivity contribution is 7.90. The predicted molar refractivity (Wildman–Crippen MR) is 207 cm³/mol. The summed E-state index contributed by atoms with van der Waals surface area (Å²) in [4.78, 5) is 18.9. The van der Waals surface area contributed by atoms with Crippen LogP contribution in [0, 0.1) is 0 Å². The quantitative estimate of drug-likeness (QED) is 0.266. The molecule has 0 bridgehead atoms. The first-order valence-electron chi connectivity index (χ1n) is 16.9. The Bertz CT molecular complexity index is 1900. The Kier molecular flexibility index (Phi) is 13.2. The van der Waals surface area contributed by atoms with Crippen molar-refractivity contribution in [3.05, 3.63) is 92.4 Å². The monoisotopic (exact) mass is 833 g/mol. The van der Waals surface area contributed by atoms with Crippen molar-refractivity contribution in [1.82, 2.24) is 24.7 Å². The summed E-state index contributed by atoms with van der Waals surface area (Å²) in [6, 6.07) is 16.6. The Labute approximate surface area is 327 Å². The fourth-order valence-corrected chi connectivity index (χ4v) is 9.91. The summed E-state index contributed by atoms with van der Waals surface area (Å²) in [7, 11) is -7.17. The van der Waals surface area contributed by atoms with Crippen LogP contribution in [0.15, 0.2) is 65.6 Å². The van der Waals surface area contributed by atoms with Gasteiger partial charge in [-0.25, -0.2) is 16.8 Å². The highest BCUT2D eigenvalue weighted by Gasteiger charge is 2.55. The van der Waals surface area contributed by atoms with Crippen LogP contribution >= 0.6 is 47.2 Å². The molecule has 1 amide bonds. The fourth-order valence-electron chi connectivity index (χ4n) is 7.04. The van der Waals surface area contributed by atoms with Crippen molar-refractivity contribution < 1.29 is 26.4 Å². The van der Waals surface area contributed by atoms with E-state index < -0.39 is 37.6 Å². The van der Waals surface area contributed by atoms with E-state index in [-0.39, 0.29) is 51.9 Å². The van der Waals surface area contributed by atoms with Gasteiger partial charge in [0.05, 0.1) is 29.5 Å². The van der Waals surface area contributed by atoms with Crippen molar-refractivity contribution >= 4 is 73.0 Å². The maximum absolute atomic E-state index is 15.3. The highest BCUT2D eigenvalue weighted by Crippen LogP contribution is 2.46. The first-order chi connectivity index (χ1) is 24.2. The minimum absolute atomic E-state index is 0. The first kappa shape index (κ1) is 41.0. The van der Waals surface area contributed by atoms with Gasteiger partial charge in [-0.1, -0.05) is 59.1 Å². The van der Waals surface area contributed by atoms with Gasteiger partial charge in [-0.3, -0.25) is 20.3 Å². The Morgan fingerprint density at radius 3 is 1.83 bits per heavy atom. The number of piperazine rings is 1. The van der Waals surface area contributed by atoms with E-state index in [0.717, 1.165) is 24.0 Å². The Balaban J connectivity index is 0.00000523. The molecule has 11 nitrogen and oxygen atoms in total. The van der Waals surface area contributed by atoms with Crippen LogP contribution < -0.4 is 15.4 Å². The molecule has 0 aromatic heterocycles. The molecule has 3 heterocycles. The third kappa shape index (κ3) is 8.70. The molecule has 0 aliphatic carbocycles. The van der Waals surface area contributed by atoms with Crippen LogP contribution in [0.3, 0.4) is 0 Å². The number of nitrogens with zero attached hydrogens (tertiary/aromatic N) is 3. The topological polar surface area (TPSA) is 128 Å². The fraction of sp³-hybridized carbons (Fsp3) is 0.457. The maximum atomic E-state index is 15.3. The average Bonchev–Trinajstić information content (AvgIpc) is 3.79. The summed E-state index contributed by atoms with van der Waals surface area (Å²) in [6.45, 7) is 4.72. The maximum Gasteiger partial charge on any atom is 0.262 e. The van der Waals surface area contributed by atoms with E-state index in [1.54, 1.807) is 36.1 Å². The van der Waals surface area contributed by atoms with Gasteiger partial charge in [0.15, 0.2) is 5.66 Å². The van der Waals surface area contributed by atoms with Gasteiger partial charge in [0.1, 0.15) is 20.5 Å². The van der Waals surface area contributed by atoms with Gasteiger partial charge in [0.25, 0.3) is 5.91 Å². The molecule has 3 atom stereocenters. The van der Waals surface area contributed by atoms with Crippen molar-refractivity contribution in [3.8, 4) is 5.75 Å². The lowest BCUT2D eigenvalue weighted by Crippen LogP contribution is -2.62. The van der Waals surface area contributed by atoms with Crippen LogP contribution in [-0.4, -0.2) is 101 Å². The number of hydrogen-bond acceptors (Lipinski definition) is 9. The zero-order chi connectivity index (χ0) is 36.6. The van der Waals surface area contributed by atoms with Crippen LogP contribution in [0.5, 0.6) is 5.75 Å². The largest absolute Gasteiger partial charge is 0.493 e. The molecule has 3 aliphatic rings. The number of carbonyl (C=O) groups is 1. The normalized spacial score (nSPS) is 23.1. The third-order valence-corrected chi connectivity index (χ3v) is 13.5. The van der Waals surface area contributed by atoms with Crippen molar-refractivity contribution in [1.29, 1.82) is 0 Å². The van der Waals surface area contributed by atoms with E-state index in [1.165, 1.54) is 22.7 Å². The summed E-state index contributed by atoms with van der Waals surface area (Å²) in [5.74, 6) is -0.0563. The first-order valence-corrected chi connectivity index (χ1v) is 21.6. The van der Waals surface area contributed by atoms with Crippen LogP contribution in [0.1, 0.15) is 48.5 Å². The predicted octanol–water partition coefficient (Wildman–Crippen LogP) is 5.27. The smallest absolute Gasteiger partial charge is 0.262 e. The van der Waals surface area contributed by atoms with Crippen LogP contribution in [-0.2, 0) is 30.3 Å². The van der Waals surface area contributed by atoms with E-state index >= 15 is 4.79 Å². The van der Waals surface area contributed by atoms with Gasteiger partial charge in [-0.05, 0) is 61.2 Å². The van der Waals surface area contributed by atoms with Crippen molar-refractivity contribution in [2.75, 3.05) is 64.4 Å². The number of halogens is 4. The highest BCUT2D eigenvalue weighted by atomic mass is 35.5. The Morgan fingerprint density at radius 1 is 0.827 bits per heavy atom. The number of sulfone groups is 1. The minimum atomic E-state index is -4.02. The van der Waals surface area contributed by atoms with E-state index in [9.17, 15) is 16.8 Å². The molecule has 284 valence electrons. The second kappa shape index (κ2) is 16.7. The van der Waals surface area contributed by atoms with Crippen LogP contribution in [0.4, 0.5) is 0 Å². The van der Waals surface area contributed by atoms with E-state index in [2.05, 4.69) is 10.6 Å². The number of amides is 1. The SMILES string of the molecule is CCOc1cc(Cl)c(S(=O)(=O)N2CCCC2)cc1C1(C(=O)N2CCN(CCS(C)(=O)=O)CC2)N[C@H](c2ccc(Cl)cc2)[C@H](c2ccc(Cl)cc2)N1.Cl. The van der Waals surface area contributed by atoms with Gasteiger partial charge in [-0.15, -0.1) is 12.4 Å². The molecule has 3 aromatic rings. The number of carbonyl (C=O) groups excluding carboxylic acids is 1. The molecule has 1 unspecified atom stereocenters. The molecule has 3 fully saturated rings. The zero-order valence-electron chi connectivity index (χ0n) is 28.9. The second-order valence-electron chi connectivity index (χ2n) is 13.2. The lowest BCUT2D eigenvalue weighted by atomic mass is 9.95. The second-order valence-corrected chi connectivity index (χ2v) is 18.6. The average molecular weight is 836 g/mol. The third-order valence-electron chi connectivity index (χ3n) is 9.71. The molecule has 3 aliphatic heterocycles. The Morgan fingerprint density at radius 2 is 1.35 bits per heavy atom. The van der Waals surface area contributed by atoms with Gasteiger partial charge >= 0.3 is 0 Å². The summed E-state index contributed by atoms with van der Waals surface area (Å²) >= 11 is 19.3. The van der Waals surface area contributed by atoms with E-state index in [4.69, 9.17) is 39.5 Å². The molecule has 3 aromatic carbocycles. The van der Waals surface area contributed by atoms with Crippen molar-refractivity contribution in [2.45, 2.75) is 42.4 Å². The molecule has 52 heavy (non-hydrogen) atoms. The van der Waals surface area contributed by atoms with Crippen LogP contribution in [0.25, 0.3) is 0 Å². The van der Waals surface area contributed by atoms with Gasteiger partial charge in [-0.2, -0.15) is 4.31 Å². The lowest BCUT2D eigenvalue weighted by molar-refractivity contribution is -0.141. The molecular formula is C35H43Cl4N5O6S2. The van der Waals surface area contributed by atoms with Crippen molar-refractivity contribution in [2.24, 2.45) is 0 Å². The molecule has 0 radical (unpaired) electrons. The lowest BCUT2D eigenvalue weighted by Gasteiger charge is -2.41. The summed E-state index contributed by atoms with van der Waals surface area (Å²) < 4.78 is 59.4. The molecular weight excluding hydrogens is 792 g/mol. The number of benzene rings is 3. The van der Waals surface area contributed by atoms with Gasteiger partial charge in [0, 0.05) is 73.7 Å². The standard InChI is InChI=1S/C35H42Cl3N5O6S2.ClH/c1-3-49-30-23-29(38)31(51(47,48)43-14-4-5-15-43)22-28(30)35(34(44)42-18-16-41(17-19-42)20-21-50(2,45)46)39-32(24-6-10-26(36)11-7-24)33(40-35)25-8-12-27(37)13-9-25;/h6-13,22-23,32-33,39-40H,3-5,14-21H2,1-2H3;1H/t32-,33+,35?;. The number of nitrogens with one attached hydrogen (secondary N) is 2. The summed E-state index contributed by atoms with van der Waals surface area (Å²) in [5.41, 5.74) is 0.257. The number of rotatable bonds is 11. The Hall–Kier alpha value is -2.17. The van der Waals surface area contributed by atoms with Gasteiger partial charge < -0.3 is 9.64 Å². The zero-order valence-corrected chi connectivity index (χ0v) is 33.6. The minimum Gasteiger partial charge on any atom is -0.493 e. The molecule has 2 N–H and O–H groups in total. The summed E-state index contributed by atoms with van der Waals surface area (Å²) in [5, 5.41) is 8.38. The van der Waals surface area contributed by atoms with E-state index in [1.807, 2.05) is 29.2 Å². The van der Waals surface area contributed by atoms with Crippen LogP contribution in [0.2, 0.25) is 15.1 Å². The molecule has 17 heteroatoms. The molecule has 3 saturated heterocycles.